The number of alkyl carbamates (subject to hydrolysis) is 1. The molecular weight excluding hydrogens is 628 g/mol. The molecule has 0 bridgehead atoms. The molecule has 2 aromatic carbocycles. The van der Waals surface area contributed by atoms with Crippen molar-refractivity contribution in [3.63, 3.8) is 0 Å². The van der Waals surface area contributed by atoms with E-state index in [0.717, 1.165) is 21.4 Å². The maximum absolute atomic E-state index is 13.5. The van der Waals surface area contributed by atoms with Crippen molar-refractivity contribution in [3.8, 4) is 11.1 Å². The summed E-state index contributed by atoms with van der Waals surface area (Å²) >= 11 is -2.49. The zero-order valence-electron chi connectivity index (χ0n) is 23.7. The summed E-state index contributed by atoms with van der Waals surface area (Å²) in [4.78, 5) is 40.0. The summed E-state index contributed by atoms with van der Waals surface area (Å²) in [6.07, 6.45) is -3.78. The van der Waals surface area contributed by atoms with E-state index in [4.69, 9.17) is 4.74 Å². The minimum absolute atomic E-state index is 0.0175. The molecule has 0 aliphatic carbocycles. The molecule has 1 aromatic heterocycles. The normalized spacial score (nSPS) is 12.9. The molecule has 0 saturated heterocycles. The van der Waals surface area contributed by atoms with Gasteiger partial charge in [-0.1, -0.05) is 6.07 Å². The van der Waals surface area contributed by atoms with Crippen LogP contribution in [0.1, 0.15) is 60.9 Å². The monoisotopic (exact) mass is 664 g/mol. The number of hydrogen-bond acceptors (Lipinski definition) is 5. The van der Waals surface area contributed by atoms with Gasteiger partial charge in [-0.2, -0.15) is 13.2 Å². The van der Waals surface area contributed by atoms with Gasteiger partial charge in [0, 0.05) is 6.54 Å². The Morgan fingerprint density at radius 1 is 0.975 bits per heavy atom. The van der Waals surface area contributed by atoms with E-state index in [2.05, 4.69) is 35.4 Å². The Balaban J connectivity index is 1.82. The second-order valence-corrected chi connectivity index (χ2v) is 25.9. The summed E-state index contributed by atoms with van der Waals surface area (Å²) in [5, 5.41) is 5.53. The third kappa shape index (κ3) is 8.67. The number of aromatic nitrogens is 2. The van der Waals surface area contributed by atoms with Crippen LogP contribution in [-0.4, -0.2) is 45.9 Å². The van der Waals surface area contributed by atoms with Crippen LogP contribution in [0.2, 0.25) is 14.8 Å². The molecule has 3 rings (SSSR count). The maximum atomic E-state index is 13.5. The first-order valence-electron chi connectivity index (χ1n) is 12.8. The van der Waals surface area contributed by atoms with Crippen LogP contribution in [0.3, 0.4) is 0 Å². The van der Waals surface area contributed by atoms with Gasteiger partial charge in [0.15, 0.2) is 0 Å². The van der Waals surface area contributed by atoms with Gasteiger partial charge in [0.2, 0.25) is 0 Å². The fourth-order valence-corrected chi connectivity index (χ4v) is 6.75. The molecule has 1 atom stereocenters. The number of rotatable bonds is 7. The van der Waals surface area contributed by atoms with E-state index in [0.29, 0.717) is 22.4 Å². The van der Waals surface area contributed by atoms with Crippen LogP contribution in [0.25, 0.3) is 11.1 Å². The van der Waals surface area contributed by atoms with Crippen molar-refractivity contribution < 1.29 is 27.5 Å². The Hall–Kier alpha value is -3.15. The Bertz CT molecular complexity index is 1360. The van der Waals surface area contributed by atoms with Gasteiger partial charge in [-0.05, 0) is 26.8 Å². The molecule has 7 nitrogen and oxygen atoms in total. The summed E-state index contributed by atoms with van der Waals surface area (Å²) < 4.78 is 46.7. The average Bonchev–Trinajstić information content (AvgIpc) is 2.85. The van der Waals surface area contributed by atoms with Crippen molar-refractivity contribution in [1.29, 1.82) is 0 Å². The number of ether oxygens (including phenoxy) is 1. The first kappa shape index (κ1) is 31.4. The molecule has 0 fully saturated rings. The summed E-state index contributed by atoms with van der Waals surface area (Å²) in [5.74, 6) is -0.329. The first-order chi connectivity index (χ1) is 18.4. The summed E-state index contributed by atoms with van der Waals surface area (Å²) in [5.41, 5.74) is 0.922. The molecule has 214 valence electrons. The molecule has 0 aliphatic heterocycles. The van der Waals surface area contributed by atoms with Gasteiger partial charge in [-0.3, -0.25) is 0 Å². The number of nitrogens with one attached hydrogen (secondary N) is 2. The topological polar surface area (TPSA) is 93.2 Å². The second-order valence-electron chi connectivity index (χ2n) is 11.6. The van der Waals surface area contributed by atoms with Gasteiger partial charge in [0.1, 0.15) is 5.60 Å². The number of amides is 2. The van der Waals surface area contributed by atoms with E-state index in [1.165, 1.54) is 12.4 Å². The quantitative estimate of drug-likeness (QED) is 0.293. The van der Waals surface area contributed by atoms with E-state index in [-0.39, 0.29) is 18.5 Å². The third-order valence-corrected chi connectivity index (χ3v) is 11.2. The Morgan fingerprint density at radius 2 is 1.62 bits per heavy atom. The van der Waals surface area contributed by atoms with Crippen LogP contribution in [0.5, 0.6) is 0 Å². The molecule has 40 heavy (non-hydrogen) atoms. The molecule has 3 aromatic rings. The van der Waals surface area contributed by atoms with E-state index >= 15 is 0 Å². The standard InChI is InChI=1S/C26H26F3N4O3.3CH3.Sn/c1-16(33-23(34)22-11-12-30-15-32-22)17-5-7-18(8-6-17)21-13-20(26(27,28)29)10-9-19(21)14-31-24(35)36-25(2,3)4;;;;/h5-11,13,15-16H,14H2,1-4H3,(H,31,35)(H,33,34);3*1H3;/t16-;;;;/m1..../s1. The van der Waals surface area contributed by atoms with Crippen LogP contribution in [-0.2, 0) is 17.5 Å². The molecule has 2 amide bonds. The van der Waals surface area contributed by atoms with Gasteiger partial charge >= 0.3 is 159 Å². The average molecular weight is 663 g/mol. The number of nitrogens with zero attached hydrogens (tertiary/aromatic N) is 2. The zero-order valence-corrected chi connectivity index (χ0v) is 26.6. The number of hydrogen-bond donors (Lipinski definition) is 2. The van der Waals surface area contributed by atoms with Crippen molar-refractivity contribution in [3.05, 3.63) is 77.2 Å². The number of halogens is 3. The van der Waals surface area contributed by atoms with Crippen molar-refractivity contribution in [2.24, 2.45) is 0 Å². The molecule has 0 radical (unpaired) electrons. The molecule has 0 aliphatic rings. The number of alkyl halides is 3. The van der Waals surface area contributed by atoms with E-state index in [9.17, 15) is 22.8 Å². The van der Waals surface area contributed by atoms with Crippen LogP contribution in [0.15, 0.2) is 54.9 Å². The van der Waals surface area contributed by atoms with Gasteiger partial charge < -0.3 is 10.1 Å². The molecular formula is C29H35F3N4O3Sn. The zero-order chi connectivity index (χ0) is 29.9. The third-order valence-electron chi connectivity index (χ3n) is 6.00. The Labute approximate surface area is 236 Å². The molecule has 2 N–H and O–H groups in total. The van der Waals surface area contributed by atoms with Gasteiger partial charge in [-0.25, -0.2) is 4.79 Å². The molecule has 0 unspecified atom stereocenters. The number of benzene rings is 2. The minimum atomic E-state index is -4.53. The summed E-state index contributed by atoms with van der Waals surface area (Å²) in [6, 6.07) is 11.7. The van der Waals surface area contributed by atoms with Gasteiger partial charge in [0.05, 0.1) is 5.56 Å². The first-order valence-corrected chi connectivity index (χ1v) is 22.8. The SMILES string of the molecule is C[C@@H](NC(=O)c1c[c]([Sn]([CH3])([CH3])[CH3])ncn1)c1ccc(-c2cc(C(F)(F)F)ccc2CNC(=O)OC(C)(C)C)cc1. The van der Waals surface area contributed by atoms with Crippen molar-refractivity contribution in [1.82, 2.24) is 20.6 Å². The van der Waals surface area contributed by atoms with E-state index < -0.39 is 41.8 Å². The van der Waals surface area contributed by atoms with E-state index in [1.54, 1.807) is 51.1 Å². The number of carbonyl (C=O) groups excluding carboxylic acids is 2. The van der Waals surface area contributed by atoms with Crippen LogP contribution >= 0.6 is 0 Å². The van der Waals surface area contributed by atoms with Crippen molar-refractivity contribution >= 4 is 34.1 Å². The fraction of sp³-hybridized carbons (Fsp3) is 0.379. The fourth-order valence-electron chi connectivity index (χ4n) is 3.85. The predicted molar refractivity (Wildman–Crippen MR) is 151 cm³/mol. The molecule has 0 saturated carbocycles. The van der Waals surface area contributed by atoms with Gasteiger partial charge in [0.25, 0.3) is 0 Å². The van der Waals surface area contributed by atoms with Crippen molar-refractivity contribution in [2.75, 3.05) is 0 Å². The Kier molecular flexibility index (Phi) is 9.53. The molecule has 11 heteroatoms. The number of carbonyl (C=O) groups is 2. The van der Waals surface area contributed by atoms with E-state index in [1.807, 2.05) is 6.92 Å². The summed E-state index contributed by atoms with van der Waals surface area (Å²) in [7, 11) is 0. The van der Waals surface area contributed by atoms with Gasteiger partial charge in [-0.15, -0.1) is 0 Å². The van der Waals surface area contributed by atoms with Crippen LogP contribution in [0.4, 0.5) is 18.0 Å². The van der Waals surface area contributed by atoms with Crippen molar-refractivity contribution in [2.45, 2.75) is 66.9 Å². The van der Waals surface area contributed by atoms with Crippen LogP contribution < -0.4 is 14.3 Å². The molecule has 0 spiro atoms. The second kappa shape index (κ2) is 12.2. The Morgan fingerprint density at radius 3 is 2.20 bits per heavy atom. The van der Waals surface area contributed by atoms with Crippen LogP contribution in [0, 0.1) is 0 Å². The molecule has 1 heterocycles. The summed E-state index contributed by atoms with van der Waals surface area (Å²) in [6.45, 7) is 6.97. The predicted octanol–water partition coefficient (Wildman–Crippen LogP) is 6.22.